The van der Waals surface area contributed by atoms with Crippen molar-refractivity contribution in [2.24, 2.45) is 0 Å². The first-order valence-electron chi connectivity index (χ1n) is 5.99. The molecule has 2 rings (SSSR count). The lowest BCUT2D eigenvalue weighted by molar-refractivity contribution is -0.143. The highest BCUT2D eigenvalue weighted by atomic mass is 32.2. The van der Waals surface area contributed by atoms with Crippen molar-refractivity contribution < 1.29 is 9.53 Å². The summed E-state index contributed by atoms with van der Waals surface area (Å²) in [6, 6.07) is 0.609. The van der Waals surface area contributed by atoms with E-state index in [1.54, 1.807) is 18.1 Å². The SMILES string of the molecule is CCOC(=O)CCCSc1nncn1C1CC1. The van der Waals surface area contributed by atoms with E-state index in [9.17, 15) is 4.79 Å². The van der Waals surface area contributed by atoms with E-state index in [1.807, 2.05) is 6.92 Å². The predicted octanol–water partition coefficient (Wildman–Crippen LogP) is 2.05. The van der Waals surface area contributed by atoms with Gasteiger partial charge in [0.2, 0.25) is 0 Å². The van der Waals surface area contributed by atoms with Gasteiger partial charge in [0.05, 0.1) is 6.61 Å². The van der Waals surface area contributed by atoms with Gasteiger partial charge in [-0.1, -0.05) is 11.8 Å². The average Bonchev–Trinajstić information content (AvgIpc) is 3.05. The molecular weight excluding hydrogens is 238 g/mol. The molecule has 0 bridgehead atoms. The quantitative estimate of drug-likeness (QED) is 0.424. The minimum atomic E-state index is -0.114. The van der Waals surface area contributed by atoms with Crippen molar-refractivity contribution in [3.8, 4) is 0 Å². The Hall–Kier alpha value is -1.04. The number of esters is 1. The number of carbonyl (C=O) groups is 1. The summed E-state index contributed by atoms with van der Waals surface area (Å²) in [5.74, 6) is 0.765. The van der Waals surface area contributed by atoms with Gasteiger partial charge in [-0.15, -0.1) is 10.2 Å². The summed E-state index contributed by atoms with van der Waals surface area (Å²) in [5, 5.41) is 8.99. The van der Waals surface area contributed by atoms with Gasteiger partial charge in [0.1, 0.15) is 6.33 Å². The minimum Gasteiger partial charge on any atom is -0.466 e. The first kappa shape index (κ1) is 12.4. The van der Waals surface area contributed by atoms with Crippen LogP contribution in [0.1, 0.15) is 38.6 Å². The van der Waals surface area contributed by atoms with E-state index in [0.717, 1.165) is 17.3 Å². The Morgan fingerprint density at radius 1 is 1.65 bits per heavy atom. The first-order chi connectivity index (χ1) is 8.31. The summed E-state index contributed by atoms with van der Waals surface area (Å²) < 4.78 is 7.00. The fraction of sp³-hybridized carbons (Fsp3) is 0.727. The Morgan fingerprint density at radius 3 is 3.18 bits per heavy atom. The number of hydrogen-bond acceptors (Lipinski definition) is 5. The third kappa shape index (κ3) is 3.73. The van der Waals surface area contributed by atoms with Crippen molar-refractivity contribution in [1.29, 1.82) is 0 Å². The smallest absolute Gasteiger partial charge is 0.305 e. The standard InChI is InChI=1S/C11H17N3O2S/c1-2-16-10(15)4-3-7-17-11-13-12-8-14(11)9-5-6-9/h8-9H,2-7H2,1H3. The van der Waals surface area contributed by atoms with E-state index in [0.29, 0.717) is 19.1 Å². The second-order valence-electron chi connectivity index (χ2n) is 4.01. The summed E-state index contributed by atoms with van der Waals surface area (Å²) >= 11 is 1.66. The van der Waals surface area contributed by atoms with Gasteiger partial charge < -0.3 is 9.30 Å². The Kier molecular flexibility index (Phi) is 4.42. The number of thioether (sulfide) groups is 1. The van der Waals surface area contributed by atoms with Crippen LogP contribution in [0.4, 0.5) is 0 Å². The zero-order valence-corrected chi connectivity index (χ0v) is 10.8. The molecule has 17 heavy (non-hydrogen) atoms. The van der Waals surface area contributed by atoms with Gasteiger partial charge in [0, 0.05) is 18.2 Å². The number of ether oxygens (including phenoxy) is 1. The van der Waals surface area contributed by atoms with E-state index in [1.165, 1.54) is 12.8 Å². The van der Waals surface area contributed by atoms with Crippen LogP contribution in [0.5, 0.6) is 0 Å². The van der Waals surface area contributed by atoms with E-state index in [-0.39, 0.29) is 5.97 Å². The predicted molar refractivity (Wildman–Crippen MR) is 64.9 cm³/mol. The van der Waals surface area contributed by atoms with Gasteiger partial charge >= 0.3 is 5.97 Å². The van der Waals surface area contributed by atoms with Crippen molar-refractivity contribution >= 4 is 17.7 Å². The summed E-state index contributed by atoms with van der Waals surface area (Å²) in [5.41, 5.74) is 0. The molecular formula is C11H17N3O2S. The van der Waals surface area contributed by atoms with Crippen LogP contribution in [0.3, 0.4) is 0 Å². The molecule has 1 aromatic rings. The molecule has 0 unspecified atom stereocenters. The van der Waals surface area contributed by atoms with Crippen LogP contribution in [0.25, 0.3) is 0 Å². The van der Waals surface area contributed by atoms with Crippen LogP contribution in [0.2, 0.25) is 0 Å². The van der Waals surface area contributed by atoms with Crippen molar-refractivity contribution in [1.82, 2.24) is 14.8 Å². The summed E-state index contributed by atoms with van der Waals surface area (Å²) in [6.07, 6.45) is 5.56. The van der Waals surface area contributed by atoms with Crippen molar-refractivity contribution in [2.75, 3.05) is 12.4 Å². The molecule has 0 saturated heterocycles. The van der Waals surface area contributed by atoms with Gasteiger partial charge in [-0.25, -0.2) is 0 Å². The molecule has 94 valence electrons. The molecule has 1 fully saturated rings. The Labute approximate surface area is 105 Å². The minimum absolute atomic E-state index is 0.114. The molecule has 0 N–H and O–H groups in total. The van der Waals surface area contributed by atoms with Gasteiger partial charge in [-0.3, -0.25) is 4.79 Å². The lowest BCUT2D eigenvalue weighted by Gasteiger charge is -2.04. The van der Waals surface area contributed by atoms with E-state index >= 15 is 0 Å². The number of nitrogens with zero attached hydrogens (tertiary/aromatic N) is 3. The first-order valence-corrected chi connectivity index (χ1v) is 6.97. The molecule has 0 atom stereocenters. The third-order valence-corrected chi connectivity index (χ3v) is 3.59. The van der Waals surface area contributed by atoms with Crippen LogP contribution in [-0.4, -0.2) is 33.1 Å². The Morgan fingerprint density at radius 2 is 2.47 bits per heavy atom. The molecule has 1 aromatic heterocycles. The van der Waals surface area contributed by atoms with E-state index in [4.69, 9.17) is 4.74 Å². The molecule has 1 saturated carbocycles. The van der Waals surface area contributed by atoms with Crippen molar-refractivity contribution in [3.05, 3.63) is 6.33 Å². The van der Waals surface area contributed by atoms with E-state index < -0.39 is 0 Å². The molecule has 0 radical (unpaired) electrons. The van der Waals surface area contributed by atoms with Crippen LogP contribution < -0.4 is 0 Å². The maximum atomic E-state index is 11.1. The number of rotatable bonds is 7. The summed E-state index contributed by atoms with van der Waals surface area (Å²) in [6.45, 7) is 2.28. The van der Waals surface area contributed by atoms with Crippen molar-refractivity contribution in [2.45, 2.75) is 43.8 Å². The molecule has 6 heteroatoms. The highest BCUT2D eigenvalue weighted by molar-refractivity contribution is 7.99. The average molecular weight is 255 g/mol. The fourth-order valence-electron chi connectivity index (χ4n) is 1.55. The Balaban J connectivity index is 1.67. The zero-order chi connectivity index (χ0) is 12.1. The second kappa shape index (κ2) is 6.05. The van der Waals surface area contributed by atoms with Gasteiger partial charge in [-0.05, 0) is 26.2 Å². The molecule has 0 amide bonds. The molecule has 0 spiro atoms. The second-order valence-corrected chi connectivity index (χ2v) is 5.07. The van der Waals surface area contributed by atoms with Crippen LogP contribution in [-0.2, 0) is 9.53 Å². The maximum Gasteiger partial charge on any atom is 0.305 e. The zero-order valence-electron chi connectivity index (χ0n) is 9.96. The normalized spacial score (nSPS) is 14.9. The number of aromatic nitrogens is 3. The molecule has 0 aromatic carbocycles. The van der Waals surface area contributed by atoms with Crippen molar-refractivity contribution in [3.63, 3.8) is 0 Å². The van der Waals surface area contributed by atoms with Gasteiger partial charge in [0.15, 0.2) is 5.16 Å². The largest absolute Gasteiger partial charge is 0.466 e. The van der Waals surface area contributed by atoms with Gasteiger partial charge in [-0.2, -0.15) is 0 Å². The Bertz CT molecular complexity index is 377. The van der Waals surface area contributed by atoms with Gasteiger partial charge in [0.25, 0.3) is 0 Å². The molecule has 1 aliphatic rings. The highest BCUT2D eigenvalue weighted by Gasteiger charge is 2.26. The lowest BCUT2D eigenvalue weighted by Crippen LogP contribution is -2.04. The maximum absolute atomic E-state index is 11.1. The lowest BCUT2D eigenvalue weighted by atomic mass is 10.3. The monoisotopic (exact) mass is 255 g/mol. The van der Waals surface area contributed by atoms with Crippen LogP contribution in [0.15, 0.2) is 11.5 Å². The molecule has 1 aliphatic carbocycles. The third-order valence-electron chi connectivity index (χ3n) is 2.54. The topological polar surface area (TPSA) is 57.0 Å². The molecule has 5 nitrogen and oxygen atoms in total. The van der Waals surface area contributed by atoms with E-state index in [2.05, 4.69) is 14.8 Å². The fourth-order valence-corrected chi connectivity index (χ4v) is 2.47. The van der Waals surface area contributed by atoms with Crippen LogP contribution >= 0.6 is 11.8 Å². The number of hydrogen-bond donors (Lipinski definition) is 0. The summed E-state index contributed by atoms with van der Waals surface area (Å²) in [7, 11) is 0. The highest BCUT2D eigenvalue weighted by Crippen LogP contribution is 2.37. The summed E-state index contributed by atoms with van der Waals surface area (Å²) in [4.78, 5) is 11.1. The number of carbonyl (C=O) groups excluding carboxylic acids is 1. The molecule has 1 heterocycles. The van der Waals surface area contributed by atoms with Crippen LogP contribution in [0, 0.1) is 0 Å². The molecule has 0 aliphatic heterocycles.